The Balaban J connectivity index is 1.31. The van der Waals surface area contributed by atoms with Gasteiger partial charge in [0.05, 0.1) is 12.6 Å². The number of nitrogens with zero attached hydrogens (tertiary/aromatic N) is 2. The van der Waals surface area contributed by atoms with Gasteiger partial charge in [-0.2, -0.15) is 0 Å². The number of methoxy groups -OCH3 is 1. The molecule has 0 radical (unpaired) electrons. The van der Waals surface area contributed by atoms with E-state index in [2.05, 4.69) is 52.9 Å². The molecule has 152 valence electrons. The van der Waals surface area contributed by atoms with Crippen LogP contribution in [0, 0.1) is 11.8 Å². The number of thioether (sulfide) groups is 1. The lowest BCUT2D eigenvalue weighted by atomic mass is 9.66. The summed E-state index contributed by atoms with van der Waals surface area (Å²) < 4.78 is 12.0. The maximum atomic E-state index is 12.7. The molecule has 0 amide bonds. The molecule has 3 aliphatic heterocycles. The molecule has 0 aromatic heterocycles. The molecule has 5 nitrogen and oxygen atoms in total. The number of piperazine rings is 1. The Kier molecular flexibility index (Phi) is 5.16. The van der Waals surface area contributed by atoms with Crippen LogP contribution in [0.4, 0.5) is 0 Å². The van der Waals surface area contributed by atoms with Gasteiger partial charge < -0.3 is 14.4 Å². The maximum absolute atomic E-state index is 12.7. The van der Waals surface area contributed by atoms with Crippen molar-refractivity contribution in [3.8, 4) is 0 Å². The van der Waals surface area contributed by atoms with Crippen molar-refractivity contribution in [3.05, 3.63) is 35.4 Å². The maximum Gasteiger partial charge on any atom is 0.320 e. The molecule has 5 rings (SSSR count). The lowest BCUT2D eigenvalue weighted by Gasteiger charge is -2.44. The van der Waals surface area contributed by atoms with Gasteiger partial charge >= 0.3 is 5.97 Å². The van der Waals surface area contributed by atoms with Crippen molar-refractivity contribution in [3.63, 3.8) is 0 Å². The number of likely N-dealkylation sites (N-methyl/N-ethyl adjacent to an activating group) is 1. The van der Waals surface area contributed by atoms with Gasteiger partial charge in [-0.25, -0.2) is 0 Å². The van der Waals surface area contributed by atoms with Gasteiger partial charge in [-0.05, 0) is 31.0 Å². The topological polar surface area (TPSA) is 42.0 Å². The first-order valence-corrected chi connectivity index (χ1v) is 11.5. The monoisotopic (exact) mass is 402 g/mol. The largest absolute Gasteiger partial charge is 0.461 e. The smallest absolute Gasteiger partial charge is 0.320 e. The van der Waals surface area contributed by atoms with Crippen LogP contribution in [-0.2, 0) is 14.3 Å². The number of fused-ring (bicyclic) bond motifs is 8. The van der Waals surface area contributed by atoms with Crippen molar-refractivity contribution in [2.24, 2.45) is 11.8 Å². The molecule has 2 saturated heterocycles. The third-order valence-corrected chi connectivity index (χ3v) is 8.90. The summed E-state index contributed by atoms with van der Waals surface area (Å²) in [5.74, 6) is 0.773. The quantitative estimate of drug-likeness (QED) is 0.722. The van der Waals surface area contributed by atoms with E-state index in [1.165, 1.54) is 11.1 Å². The third-order valence-electron chi connectivity index (χ3n) is 7.17. The van der Waals surface area contributed by atoms with Gasteiger partial charge in [-0.1, -0.05) is 24.3 Å². The zero-order valence-electron chi connectivity index (χ0n) is 16.8. The molecule has 3 fully saturated rings. The Morgan fingerprint density at radius 2 is 1.64 bits per heavy atom. The van der Waals surface area contributed by atoms with Crippen molar-refractivity contribution in [1.29, 1.82) is 0 Å². The Hall–Kier alpha value is -1.08. The van der Waals surface area contributed by atoms with Gasteiger partial charge in [-0.3, -0.25) is 9.69 Å². The number of hydrogen-bond acceptors (Lipinski definition) is 6. The Morgan fingerprint density at radius 3 is 2.29 bits per heavy atom. The summed E-state index contributed by atoms with van der Waals surface area (Å²) >= 11 is 2.06. The highest BCUT2D eigenvalue weighted by Crippen LogP contribution is 2.70. The molecule has 3 heterocycles. The average Bonchev–Trinajstić information content (AvgIpc) is 3.28. The van der Waals surface area contributed by atoms with E-state index in [1.807, 2.05) is 7.11 Å². The minimum atomic E-state index is -0.0507. The summed E-state index contributed by atoms with van der Waals surface area (Å²) in [7, 11) is 3.97. The van der Waals surface area contributed by atoms with E-state index in [-0.39, 0.29) is 18.2 Å². The van der Waals surface area contributed by atoms with Crippen LogP contribution in [0.2, 0.25) is 0 Å². The molecule has 2 unspecified atom stereocenters. The van der Waals surface area contributed by atoms with E-state index < -0.39 is 0 Å². The van der Waals surface area contributed by atoms with Crippen LogP contribution >= 0.6 is 11.8 Å². The van der Waals surface area contributed by atoms with Crippen LogP contribution in [0.3, 0.4) is 0 Å². The molecule has 1 aromatic rings. The van der Waals surface area contributed by atoms with Crippen molar-refractivity contribution in [1.82, 2.24) is 9.80 Å². The Morgan fingerprint density at radius 1 is 1.04 bits per heavy atom. The average molecular weight is 403 g/mol. The fourth-order valence-corrected chi connectivity index (χ4v) is 7.85. The number of carbonyl (C=O) groups is 1. The highest BCUT2D eigenvalue weighted by Gasteiger charge is 2.59. The van der Waals surface area contributed by atoms with Crippen LogP contribution in [0.15, 0.2) is 24.3 Å². The molecule has 2 bridgehead atoms. The number of benzene rings is 1. The Bertz CT molecular complexity index is 736. The molecule has 4 aliphatic rings. The first kappa shape index (κ1) is 18.9. The van der Waals surface area contributed by atoms with E-state index in [0.717, 1.165) is 39.0 Å². The van der Waals surface area contributed by atoms with Crippen LogP contribution in [0.5, 0.6) is 0 Å². The summed E-state index contributed by atoms with van der Waals surface area (Å²) in [5, 5.41) is 0.917. The lowest BCUT2D eigenvalue weighted by molar-refractivity contribution is -0.161. The molecule has 6 heteroatoms. The highest BCUT2D eigenvalue weighted by molar-refractivity contribution is 8.00. The Labute approximate surface area is 171 Å². The molecular weight excluding hydrogens is 372 g/mol. The number of carbonyl (C=O) groups excluding carboxylic acids is 1. The molecule has 6 atom stereocenters. The van der Waals surface area contributed by atoms with Gasteiger partial charge in [0, 0.05) is 55.6 Å². The van der Waals surface area contributed by atoms with E-state index >= 15 is 0 Å². The number of esters is 1. The van der Waals surface area contributed by atoms with Gasteiger partial charge in [0.2, 0.25) is 0 Å². The predicted octanol–water partition coefficient (Wildman–Crippen LogP) is 2.73. The van der Waals surface area contributed by atoms with E-state index in [4.69, 9.17) is 9.47 Å². The third kappa shape index (κ3) is 3.18. The zero-order chi connectivity index (χ0) is 19.3. The van der Waals surface area contributed by atoms with Crippen molar-refractivity contribution in [2.45, 2.75) is 35.5 Å². The van der Waals surface area contributed by atoms with Gasteiger partial charge in [0.25, 0.3) is 0 Å². The van der Waals surface area contributed by atoms with Crippen LogP contribution in [0.1, 0.15) is 34.5 Å². The minimum absolute atomic E-state index is 0.0206. The summed E-state index contributed by atoms with van der Waals surface area (Å²) in [6.07, 6.45) is 2.19. The lowest BCUT2D eigenvalue weighted by Crippen LogP contribution is -2.49. The van der Waals surface area contributed by atoms with Gasteiger partial charge in [-0.15, -0.1) is 11.8 Å². The van der Waals surface area contributed by atoms with Gasteiger partial charge in [0.15, 0.2) is 0 Å². The molecule has 0 N–H and O–H groups in total. The second-order valence-corrected chi connectivity index (χ2v) is 10.0. The fraction of sp³-hybridized carbons (Fsp3) is 0.682. The molecular formula is C22H30N2O3S. The summed E-state index contributed by atoms with van der Waals surface area (Å²) in [6.45, 7) is 4.36. The standard InChI is InChI=1S/C22H30N2O3S/c1-23-9-11-24(12-10-23)13-18(25)27-17-8-7-16(26-2)19-20(17)22-15-6-4-3-5-14(15)21(19)28-22/h3-6,16-17,19-22H,7-13H2,1-2H3/t16-,17+,19?,20?,21-,22+/m0/s1. The highest BCUT2D eigenvalue weighted by atomic mass is 32.2. The van der Waals surface area contributed by atoms with Crippen LogP contribution < -0.4 is 0 Å². The summed E-state index contributed by atoms with van der Waals surface area (Å²) in [4.78, 5) is 17.3. The van der Waals surface area contributed by atoms with Crippen LogP contribution in [-0.4, -0.2) is 74.9 Å². The second-order valence-electron chi connectivity index (χ2n) is 8.72. The van der Waals surface area contributed by atoms with E-state index in [0.29, 0.717) is 28.9 Å². The molecule has 1 saturated carbocycles. The second kappa shape index (κ2) is 7.63. The fourth-order valence-electron chi connectivity index (χ4n) is 5.74. The van der Waals surface area contributed by atoms with E-state index in [1.54, 1.807) is 0 Å². The number of ether oxygens (including phenoxy) is 2. The summed E-state index contributed by atoms with van der Waals surface area (Å²) in [5.41, 5.74) is 2.93. The number of rotatable bonds is 4. The normalized spacial score (nSPS) is 37.5. The number of hydrogen-bond donors (Lipinski definition) is 0. The van der Waals surface area contributed by atoms with Gasteiger partial charge in [0.1, 0.15) is 6.10 Å². The SMILES string of the molecule is CO[C@H]1CC[C@@H](OC(=O)CN2CCN(C)CC2)C2C1[C@H]1S[C@@H]2c2ccccc21. The van der Waals surface area contributed by atoms with Crippen molar-refractivity contribution < 1.29 is 14.3 Å². The predicted molar refractivity (Wildman–Crippen MR) is 110 cm³/mol. The van der Waals surface area contributed by atoms with E-state index in [9.17, 15) is 4.79 Å². The molecule has 1 aliphatic carbocycles. The van der Waals surface area contributed by atoms with Crippen LogP contribution in [0.25, 0.3) is 0 Å². The minimum Gasteiger partial charge on any atom is -0.461 e. The first-order chi connectivity index (χ1) is 13.7. The first-order valence-electron chi connectivity index (χ1n) is 10.5. The zero-order valence-corrected chi connectivity index (χ0v) is 17.6. The van der Waals surface area contributed by atoms with Crippen molar-refractivity contribution in [2.75, 3.05) is 46.9 Å². The van der Waals surface area contributed by atoms with Crippen molar-refractivity contribution >= 4 is 17.7 Å². The molecule has 0 spiro atoms. The summed E-state index contributed by atoms with van der Waals surface area (Å²) in [6, 6.07) is 8.83. The molecule has 1 aromatic carbocycles. The molecule has 28 heavy (non-hydrogen) atoms.